The standard InChI is InChI=1S/C23H29NO2/c25-23(26-18-17-24-16-15-19-9-7-8-10-19)22(20-11-3-1-4-12-20)21-13-5-2-6-14-21/h1-6,11-14,19,22,24H,7-10,15-18H2. The summed E-state index contributed by atoms with van der Waals surface area (Å²) in [7, 11) is 0. The van der Waals surface area contributed by atoms with Crippen LogP contribution in [0.3, 0.4) is 0 Å². The van der Waals surface area contributed by atoms with Crippen molar-refractivity contribution in [1.29, 1.82) is 0 Å². The molecule has 0 amide bonds. The lowest BCUT2D eigenvalue weighted by Crippen LogP contribution is -2.25. The summed E-state index contributed by atoms with van der Waals surface area (Å²) in [4.78, 5) is 12.7. The largest absolute Gasteiger partial charge is 0.464 e. The number of carbonyl (C=O) groups excluding carboxylic acids is 1. The number of benzene rings is 2. The third kappa shape index (κ3) is 5.43. The highest BCUT2D eigenvalue weighted by molar-refractivity contribution is 5.82. The van der Waals surface area contributed by atoms with Gasteiger partial charge in [0.05, 0.1) is 0 Å². The van der Waals surface area contributed by atoms with Gasteiger partial charge >= 0.3 is 5.97 Å². The Morgan fingerprint density at radius 3 is 2.08 bits per heavy atom. The first-order valence-corrected chi connectivity index (χ1v) is 9.82. The molecule has 0 spiro atoms. The first-order chi connectivity index (χ1) is 12.8. The van der Waals surface area contributed by atoms with Gasteiger partial charge in [-0.15, -0.1) is 0 Å². The molecule has 2 aromatic carbocycles. The predicted octanol–water partition coefficient (Wildman–Crippen LogP) is 4.53. The first-order valence-electron chi connectivity index (χ1n) is 9.82. The molecule has 0 saturated heterocycles. The number of hydrogen-bond donors (Lipinski definition) is 1. The minimum atomic E-state index is -0.365. The van der Waals surface area contributed by atoms with Crippen LogP contribution < -0.4 is 5.32 Å². The number of esters is 1. The van der Waals surface area contributed by atoms with Crippen molar-refractivity contribution < 1.29 is 9.53 Å². The van der Waals surface area contributed by atoms with E-state index < -0.39 is 0 Å². The van der Waals surface area contributed by atoms with Gasteiger partial charge in [0, 0.05) is 6.54 Å². The van der Waals surface area contributed by atoms with E-state index >= 15 is 0 Å². The van der Waals surface area contributed by atoms with Crippen molar-refractivity contribution in [2.75, 3.05) is 19.7 Å². The van der Waals surface area contributed by atoms with Crippen molar-refractivity contribution in [2.24, 2.45) is 5.92 Å². The van der Waals surface area contributed by atoms with Gasteiger partial charge in [-0.3, -0.25) is 4.79 Å². The van der Waals surface area contributed by atoms with E-state index in [4.69, 9.17) is 4.74 Å². The molecule has 1 N–H and O–H groups in total. The van der Waals surface area contributed by atoms with Crippen LogP contribution in [0, 0.1) is 5.92 Å². The maximum absolute atomic E-state index is 12.7. The second kappa shape index (κ2) is 10.1. The summed E-state index contributed by atoms with van der Waals surface area (Å²) in [5.41, 5.74) is 1.94. The summed E-state index contributed by atoms with van der Waals surface area (Å²) in [5, 5.41) is 3.41. The summed E-state index contributed by atoms with van der Waals surface area (Å²) in [6, 6.07) is 19.7. The molecule has 0 radical (unpaired) electrons. The van der Waals surface area contributed by atoms with Crippen LogP contribution in [-0.2, 0) is 9.53 Å². The number of hydrogen-bond acceptors (Lipinski definition) is 3. The van der Waals surface area contributed by atoms with Crippen LogP contribution in [0.15, 0.2) is 60.7 Å². The molecule has 0 unspecified atom stereocenters. The Morgan fingerprint density at radius 1 is 0.923 bits per heavy atom. The molecule has 26 heavy (non-hydrogen) atoms. The first kappa shape index (κ1) is 18.7. The topological polar surface area (TPSA) is 38.3 Å². The Bertz CT molecular complexity index is 611. The van der Waals surface area contributed by atoms with Gasteiger partial charge in [-0.25, -0.2) is 0 Å². The Hall–Kier alpha value is -2.13. The van der Waals surface area contributed by atoms with Crippen molar-refractivity contribution in [3.8, 4) is 0 Å². The van der Waals surface area contributed by atoms with E-state index in [1.54, 1.807) is 0 Å². The maximum atomic E-state index is 12.7. The lowest BCUT2D eigenvalue weighted by molar-refractivity contribution is -0.144. The third-order valence-electron chi connectivity index (χ3n) is 5.23. The molecule has 1 aliphatic carbocycles. The summed E-state index contributed by atoms with van der Waals surface area (Å²) in [6.07, 6.45) is 6.79. The SMILES string of the molecule is O=C(OCCNCCC1CCCC1)C(c1ccccc1)c1ccccc1. The summed E-state index contributed by atoms with van der Waals surface area (Å²) >= 11 is 0. The van der Waals surface area contributed by atoms with Crippen molar-refractivity contribution in [3.63, 3.8) is 0 Å². The Labute approximate surface area is 156 Å². The fraction of sp³-hybridized carbons (Fsp3) is 0.435. The van der Waals surface area contributed by atoms with Crippen molar-refractivity contribution in [2.45, 2.75) is 38.0 Å². The molecule has 1 saturated carbocycles. The van der Waals surface area contributed by atoms with Crippen LogP contribution in [0.4, 0.5) is 0 Å². The molecular formula is C23H29NO2. The van der Waals surface area contributed by atoms with Gasteiger partial charge in [0.2, 0.25) is 0 Å². The monoisotopic (exact) mass is 351 g/mol. The van der Waals surface area contributed by atoms with Gasteiger partial charge in [0.15, 0.2) is 0 Å². The van der Waals surface area contributed by atoms with Crippen LogP contribution in [0.1, 0.15) is 49.1 Å². The van der Waals surface area contributed by atoms with Gasteiger partial charge in [0.25, 0.3) is 0 Å². The zero-order valence-electron chi connectivity index (χ0n) is 15.4. The van der Waals surface area contributed by atoms with Gasteiger partial charge in [-0.05, 0) is 30.0 Å². The van der Waals surface area contributed by atoms with Crippen LogP contribution in [0.2, 0.25) is 0 Å². The minimum Gasteiger partial charge on any atom is -0.464 e. The maximum Gasteiger partial charge on any atom is 0.317 e. The van der Waals surface area contributed by atoms with E-state index in [1.165, 1.54) is 32.1 Å². The molecule has 3 nitrogen and oxygen atoms in total. The van der Waals surface area contributed by atoms with Crippen LogP contribution in [0.25, 0.3) is 0 Å². The van der Waals surface area contributed by atoms with Gasteiger partial charge < -0.3 is 10.1 Å². The third-order valence-corrected chi connectivity index (χ3v) is 5.23. The summed E-state index contributed by atoms with van der Waals surface area (Å²) < 4.78 is 5.58. The van der Waals surface area contributed by atoms with E-state index in [1.807, 2.05) is 60.7 Å². The summed E-state index contributed by atoms with van der Waals surface area (Å²) in [6.45, 7) is 2.15. The van der Waals surface area contributed by atoms with Crippen LogP contribution in [0.5, 0.6) is 0 Å². The van der Waals surface area contributed by atoms with Crippen LogP contribution >= 0.6 is 0 Å². The lowest BCUT2D eigenvalue weighted by Gasteiger charge is -2.17. The average Bonchev–Trinajstić information content (AvgIpc) is 3.20. The quantitative estimate of drug-likeness (QED) is 0.533. The highest BCUT2D eigenvalue weighted by atomic mass is 16.5. The molecular weight excluding hydrogens is 322 g/mol. The lowest BCUT2D eigenvalue weighted by atomic mass is 9.91. The average molecular weight is 351 g/mol. The number of ether oxygens (including phenoxy) is 1. The molecule has 138 valence electrons. The smallest absolute Gasteiger partial charge is 0.317 e. The second-order valence-corrected chi connectivity index (χ2v) is 7.11. The Balaban J connectivity index is 1.48. The Morgan fingerprint density at radius 2 is 1.50 bits per heavy atom. The predicted molar refractivity (Wildman–Crippen MR) is 105 cm³/mol. The van der Waals surface area contributed by atoms with E-state index in [9.17, 15) is 4.79 Å². The van der Waals surface area contributed by atoms with Gasteiger partial charge in [0.1, 0.15) is 12.5 Å². The van der Waals surface area contributed by atoms with Gasteiger partial charge in [-0.1, -0.05) is 86.3 Å². The molecule has 0 bridgehead atoms. The van der Waals surface area contributed by atoms with Crippen molar-refractivity contribution >= 4 is 5.97 Å². The molecule has 0 atom stereocenters. The van der Waals surface area contributed by atoms with Gasteiger partial charge in [-0.2, -0.15) is 0 Å². The molecule has 0 heterocycles. The number of rotatable bonds is 9. The molecule has 0 aliphatic heterocycles. The number of nitrogens with one attached hydrogen (secondary N) is 1. The normalized spacial score (nSPS) is 14.7. The molecule has 1 fully saturated rings. The molecule has 3 heteroatoms. The minimum absolute atomic E-state index is 0.181. The highest BCUT2D eigenvalue weighted by Crippen LogP contribution is 2.27. The van der Waals surface area contributed by atoms with Crippen LogP contribution in [-0.4, -0.2) is 25.7 Å². The summed E-state index contributed by atoms with van der Waals surface area (Å²) in [5.74, 6) is 0.349. The fourth-order valence-corrected chi connectivity index (χ4v) is 3.79. The second-order valence-electron chi connectivity index (χ2n) is 7.11. The van der Waals surface area contributed by atoms with E-state index in [-0.39, 0.29) is 11.9 Å². The molecule has 0 aromatic heterocycles. The molecule has 2 aromatic rings. The number of carbonyl (C=O) groups is 1. The van der Waals surface area contributed by atoms with E-state index in [0.717, 1.165) is 30.1 Å². The molecule has 1 aliphatic rings. The highest BCUT2D eigenvalue weighted by Gasteiger charge is 2.23. The molecule has 3 rings (SSSR count). The van der Waals surface area contributed by atoms with E-state index in [2.05, 4.69) is 5.32 Å². The fourth-order valence-electron chi connectivity index (χ4n) is 3.79. The Kier molecular flexibility index (Phi) is 7.26. The van der Waals surface area contributed by atoms with Crippen molar-refractivity contribution in [3.05, 3.63) is 71.8 Å². The zero-order chi connectivity index (χ0) is 18.0. The van der Waals surface area contributed by atoms with Crippen molar-refractivity contribution in [1.82, 2.24) is 5.32 Å². The van der Waals surface area contributed by atoms with E-state index in [0.29, 0.717) is 6.61 Å². The zero-order valence-corrected chi connectivity index (χ0v) is 15.4.